The molecule has 0 saturated heterocycles. The lowest BCUT2D eigenvalue weighted by molar-refractivity contribution is 0.195. The summed E-state index contributed by atoms with van der Waals surface area (Å²) in [5, 5.41) is 0. The number of nitrogens with zero attached hydrogens (tertiary/aromatic N) is 4. The molecule has 4 unspecified atom stereocenters. The fourth-order valence-electron chi connectivity index (χ4n) is 22.8. The smallest absolute Gasteiger partial charge is 0.248 e. The molecular weight excluding hydrogens is 1410 g/mol. The summed E-state index contributed by atoms with van der Waals surface area (Å²) in [7, 11) is 0. The Morgan fingerprint density at radius 3 is 1.38 bits per heavy atom. The molecule has 0 N–H and O–H groups in total. The van der Waals surface area contributed by atoms with Crippen LogP contribution < -0.4 is 30.5 Å². The van der Waals surface area contributed by atoms with E-state index in [1.807, 2.05) is 0 Å². The predicted molar refractivity (Wildman–Crippen MR) is 507 cm³/mol. The van der Waals surface area contributed by atoms with Gasteiger partial charge in [0.05, 0.1) is 28.1 Å². The van der Waals surface area contributed by atoms with Gasteiger partial charge in [-0.25, -0.2) is 0 Å². The Kier molecular flexibility index (Phi) is 18.4. The zero-order valence-corrected chi connectivity index (χ0v) is 76.6. The minimum atomic E-state index is -0.214. The molecular formula is C112H133BN4. The van der Waals surface area contributed by atoms with Crippen molar-refractivity contribution in [2.75, 3.05) is 19.6 Å². The van der Waals surface area contributed by atoms with Crippen molar-refractivity contribution in [3.63, 3.8) is 0 Å². The first-order chi connectivity index (χ1) is 54.6. The summed E-state index contributed by atoms with van der Waals surface area (Å²) in [5.74, 6) is 0. The monoisotopic (exact) mass is 1550 g/mol. The normalized spacial score (nSPS) is 22.0. The van der Waals surface area contributed by atoms with Crippen LogP contribution in [0.15, 0.2) is 206 Å². The van der Waals surface area contributed by atoms with Crippen LogP contribution in [0.3, 0.4) is 0 Å². The maximum Gasteiger partial charge on any atom is 0.248 e. The molecule has 0 spiro atoms. The van der Waals surface area contributed by atoms with Crippen LogP contribution >= 0.6 is 0 Å². The van der Waals surface area contributed by atoms with Crippen molar-refractivity contribution < 1.29 is 0 Å². The van der Waals surface area contributed by atoms with Crippen molar-refractivity contribution in [2.45, 2.75) is 310 Å². The molecule has 4 aliphatic carbocycles. The van der Waals surface area contributed by atoms with Crippen LogP contribution in [0.2, 0.25) is 0 Å². The number of benzene rings is 10. The van der Waals surface area contributed by atoms with Crippen LogP contribution in [0, 0.1) is 13.8 Å². The molecule has 0 bridgehead atoms. The van der Waals surface area contributed by atoms with Gasteiger partial charge in [0.15, 0.2) is 0 Å². The molecule has 2 saturated carbocycles. The molecule has 604 valence electrons. The Morgan fingerprint density at radius 1 is 0.359 bits per heavy atom. The third-order valence-electron chi connectivity index (χ3n) is 30.2. The molecule has 4 nitrogen and oxygen atoms in total. The highest BCUT2D eigenvalue weighted by Gasteiger charge is 2.64. The van der Waals surface area contributed by atoms with E-state index >= 15 is 0 Å². The number of hydrogen-bond donors (Lipinski definition) is 0. The largest absolute Gasteiger partial charge is 0.335 e. The molecule has 5 heteroatoms. The van der Waals surface area contributed by atoms with E-state index in [1.165, 1.54) is 214 Å². The first-order valence-electron chi connectivity index (χ1n) is 44.6. The lowest BCUT2D eigenvalue weighted by Gasteiger charge is -2.53. The van der Waals surface area contributed by atoms with Gasteiger partial charge < -0.3 is 19.6 Å². The average Bonchev–Trinajstić information content (AvgIpc) is 1.51. The van der Waals surface area contributed by atoms with E-state index in [2.05, 4.69) is 414 Å². The second kappa shape index (κ2) is 26.7. The van der Waals surface area contributed by atoms with Gasteiger partial charge in [-0.1, -0.05) is 319 Å². The zero-order valence-electron chi connectivity index (χ0n) is 76.6. The Bertz CT molecular complexity index is 5780. The minimum absolute atomic E-state index is 0.00428. The van der Waals surface area contributed by atoms with Gasteiger partial charge in [-0.2, -0.15) is 0 Å². The van der Waals surface area contributed by atoms with Crippen LogP contribution in [0.5, 0.6) is 0 Å². The molecule has 2 fully saturated rings. The van der Waals surface area contributed by atoms with Crippen LogP contribution in [0.25, 0.3) is 33.6 Å². The van der Waals surface area contributed by atoms with Crippen molar-refractivity contribution in [2.24, 2.45) is 0 Å². The number of allylic oxidation sites excluding steroid dienone is 2. The second-order valence-electron chi connectivity index (χ2n) is 45.2. The highest BCUT2D eigenvalue weighted by atomic mass is 15.3. The SMILES string of the molecule is Cc1cc(N(C2=CC(C)(C)c3ccc(C(C)(C)C)cc32)c2ccc(C(C)(C)C)cc2-c2ccccc2)cc(N2c3ccc(C(C)(C)C)cc3C3(C)CCCCC23C)c1.Cc1cc2c3c(c1)N1c4c(cc(C(C)(C)C)cc4C4(C)CCCCC14C)B3C1=C(c3cc(C(C)(C)C)ccc3C1(C)C)N2c1ccc(C(C)(C)C)cc1-c1ccccc1. The van der Waals surface area contributed by atoms with E-state index in [9.17, 15) is 0 Å². The molecule has 0 aromatic heterocycles. The van der Waals surface area contributed by atoms with Crippen LogP contribution in [-0.2, 0) is 54.1 Å². The van der Waals surface area contributed by atoms with Crippen LogP contribution in [0.4, 0.5) is 45.5 Å². The zero-order chi connectivity index (χ0) is 83.8. The topological polar surface area (TPSA) is 13.0 Å². The lowest BCUT2D eigenvalue weighted by Crippen LogP contribution is -2.62. The number of aryl methyl sites for hydroxylation is 2. The van der Waals surface area contributed by atoms with Gasteiger partial charge in [0.2, 0.25) is 6.71 Å². The second-order valence-corrected chi connectivity index (χ2v) is 45.2. The number of rotatable bonds is 7. The Morgan fingerprint density at radius 2 is 0.812 bits per heavy atom. The first-order valence-corrected chi connectivity index (χ1v) is 44.6. The fraction of sp³-hybridized carbons (Fsp3) is 0.429. The summed E-state index contributed by atoms with van der Waals surface area (Å²) >= 11 is 0. The van der Waals surface area contributed by atoms with Gasteiger partial charge in [0.1, 0.15) is 0 Å². The minimum Gasteiger partial charge on any atom is -0.335 e. The van der Waals surface area contributed by atoms with E-state index in [0.29, 0.717) is 0 Å². The molecule has 0 radical (unpaired) electrons. The standard InChI is InChI=1S/C56H65BN2.C56H68N2/c1-34-28-45-47-46(29-34)59-49-42(55(13)26-18-19-27-56(55,59)14)32-38(53(8,9)10)33-43(49)57(47)50-48(40-31-36(51(2,3)4)22-24-41(40)54(50,11)12)58(45)44-25-23-37(52(5,6)7)30-39(44)35-20-16-15-17-21-35;1-37-30-42(35-43(31-37)58-49-27-24-41(53(8,9)10)34-47(49)55(13)28-18-19-29-56(55,58)14)57(50-36-54(11,12)46-25-22-39(33-45(46)50)51(2,3)4)48-26-23-40(52(5,6)7)32-44(48)38-20-16-15-17-21-38/h15-17,20-25,28-33H,18-19,26-27H2,1-14H3;15-17,20-27,30-36H,18-19,28-29H2,1-14H3. The molecule has 117 heavy (non-hydrogen) atoms. The molecule has 4 atom stereocenters. The van der Waals surface area contributed by atoms with Crippen molar-refractivity contribution in [1.29, 1.82) is 0 Å². The molecule has 10 aromatic carbocycles. The summed E-state index contributed by atoms with van der Waals surface area (Å²) in [6.07, 6.45) is 12.4. The van der Waals surface area contributed by atoms with Crippen molar-refractivity contribution in [3.05, 3.63) is 284 Å². The van der Waals surface area contributed by atoms with E-state index in [4.69, 9.17) is 0 Å². The van der Waals surface area contributed by atoms with E-state index in [-0.39, 0.29) is 71.9 Å². The first kappa shape index (κ1) is 80.4. The van der Waals surface area contributed by atoms with Gasteiger partial charge in [0.25, 0.3) is 0 Å². The average molecular weight is 1550 g/mol. The predicted octanol–water partition coefficient (Wildman–Crippen LogP) is 29.4. The maximum absolute atomic E-state index is 2.91. The third-order valence-corrected chi connectivity index (χ3v) is 30.2. The summed E-state index contributed by atoms with van der Waals surface area (Å²) in [4.78, 5) is 11.0. The number of fused-ring (bicyclic) bond motifs is 12. The van der Waals surface area contributed by atoms with Gasteiger partial charge in [-0.15, -0.1) is 0 Å². The van der Waals surface area contributed by atoms with Crippen LogP contribution in [0.1, 0.15) is 309 Å². The fourth-order valence-corrected chi connectivity index (χ4v) is 22.8. The summed E-state index contributed by atoms with van der Waals surface area (Å²) < 4.78 is 0. The molecule has 10 aromatic rings. The van der Waals surface area contributed by atoms with Gasteiger partial charge in [0, 0.05) is 83.7 Å². The Labute approximate surface area is 705 Å². The summed E-state index contributed by atoms with van der Waals surface area (Å²) in [5.41, 5.74) is 42.3. The quantitative estimate of drug-likeness (QED) is 0.147. The van der Waals surface area contributed by atoms with Gasteiger partial charge in [-0.3, -0.25) is 0 Å². The van der Waals surface area contributed by atoms with Crippen molar-refractivity contribution in [3.8, 4) is 22.3 Å². The molecule has 18 rings (SSSR count). The summed E-state index contributed by atoms with van der Waals surface area (Å²) in [6, 6.07) is 76.8. The maximum atomic E-state index is 2.91. The van der Waals surface area contributed by atoms with Crippen molar-refractivity contribution in [1.82, 2.24) is 0 Å². The highest BCUT2D eigenvalue weighted by molar-refractivity contribution is 6.96. The summed E-state index contributed by atoms with van der Waals surface area (Å²) in [6.45, 7) is 67.4. The molecule has 0 amide bonds. The van der Waals surface area contributed by atoms with E-state index in [0.717, 1.165) is 0 Å². The van der Waals surface area contributed by atoms with Crippen LogP contribution in [-0.4, -0.2) is 17.8 Å². The Hall–Kier alpha value is -9.06. The Balaban J connectivity index is 0.000000168. The molecule has 4 heterocycles. The van der Waals surface area contributed by atoms with Crippen molar-refractivity contribution >= 4 is 74.5 Å². The molecule has 8 aliphatic rings. The van der Waals surface area contributed by atoms with Gasteiger partial charge >= 0.3 is 0 Å². The van der Waals surface area contributed by atoms with Gasteiger partial charge in [-0.05, 0) is 254 Å². The van der Waals surface area contributed by atoms with E-state index in [1.54, 1.807) is 11.0 Å². The van der Waals surface area contributed by atoms with E-state index < -0.39 is 0 Å². The molecule has 4 aliphatic heterocycles. The third kappa shape index (κ3) is 12.5. The number of hydrogen-bond acceptors (Lipinski definition) is 4. The highest BCUT2D eigenvalue weighted by Crippen LogP contribution is 2.67. The lowest BCUT2D eigenvalue weighted by atomic mass is 9.30. The number of anilines is 8.